The zero-order valence-corrected chi connectivity index (χ0v) is 18.6. The highest BCUT2D eigenvalue weighted by Crippen LogP contribution is 2.24. The summed E-state index contributed by atoms with van der Waals surface area (Å²) in [6.07, 6.45) is 4.09. The second-order valence-electron chi connectivity index (χ2n) is 7.67. The number of benzene rings is 2. The van der Waals surface area contributed by atoms with E-state index in [1.165, 1.54) is 16.7 Å². The van der Waals surface area contributed by atoms with Crippen molar-refractivity contribution in [2.45, 2.75) is 31.3 Å². The van der Waals surface area contributed by atoms with Crippen LogP contribution < -0.4 is 16.2 Å². The molecule has 3 aromatic rings. The van der Waals surface area contributed by atoms with Gasteiger partial charge in [-0.25, -0.2) is 0 Å². The van der Waals surface area contributed by atoms with Gasteiger partial charge < -0.3 is 10.6 Å². The van der Waals surface area contributed by atoms with Crippen molar-refractivity contribution in [3.8, 4) is 5.69 Å². The standard InChI is InChI=1S/C24H21Cl2N3O3/c25-16-9-12-18(19(26)14-16)24(32)28-21-5-3-4-20(21)27-23(31)15-7-10-17(11-8-15)29-13-2-1-6-22(29)30/h1-2,6-14,20-21H,3-5H2,(H,27,31)(H,28,32)/t20-,21+/m0/s1. The Hall–Kier alpha value is -3.09. The Labute approximate surface area is 195 Å². The topological polar surface area (TPSA) is 80.2 Å². The zero-order valence-electron chi connectivity index (χ0n) is 17.1. The summed E-state index contributed by atoms with van der Waals surface area (Å²) in [6, 6.07) is 16.1. The Morgan fingerprint density at radius 2 is 1.56 bits per heavy atom. The van der Waals surface area contributed by atoms with Gasteiger partial charge in [0.1, 0.15) is 0 Å². The zero-order chi connectivity index (χ0) is 22.7. The SMILES string of the molecule is O=C(N[C@H]1CCC[C@H]1NC(=O)c1ccc(Cl)cc1Cl)c1ccc(-n2ccccc2=O)cc1. The molecule has 1 fully saturated rings. The van der Waals surface area contributed by atoms with Gasteiger partial charge in [0.15, 0.2) is 0 Å². The first-order chi connectivity index (χ1) is 15.4. The third-order valence-corrected chi connectivity index (χ3v) is 6.10. The van der Waals surface area contributed by atoms with Crippen molar-refractivity contribution >= 4 is 35.0 Å². The number of carbonyl (C=O) groups is 2. The highest BCUT2D eigenvalue weighted by atomic mass is 35.5. The molecule has 0 bridgehead atoms. The van der Waals surface area contributed by atoms with Crippen LogP contribution in [0.4, 0.5) is 0 Å². The van der Waals surface area contributed by atoms with Crippen LogP contribution in [0.2, 0.25) is 10.0 Å². The lowest BCUT2D eigenvalue weighted by atomic mass is 10.1. The molecular weight excluding hydrogens is 449 g/mol. The lowest BCUT2D eigenvalue weighted by Crippen LogP contribution is -2.48. The van der Waals surface area contributed by atoms with Crippen molar-refractivity contribution in [3.63, 3.8) is 0 Å². The molecule has 1 aromatic heterocycles. The molecule has 2 aromatic carbocycles. The summed E-state index contributed by atoms with van der Waals surface area (Å²) < 4.78 is 1.51. The highest BCUT2D eigenvalue weighted by molar-refractivity contribution is 6.36. The third-order valence-electron chi connectivity index (χ3n) is 5.55. The summed E-state index contributed by atoms with van der Waals surface area (Å²) in [6.45, 7) is 0. The quantitative estimate of drug-likeness (QED) is 0.586. The van der Waals surface area contributed by atoms with E-state index in [-0.39, 0.29) is 34.5 Å². The molecule has 8 heteroatoms. The number of hydrogen-bond acceptors (Lipinski definition) is 3. The number of amides is 2. The van der Waals surface area contributed by atoms with Crippen molar-refractivity contribution in [1.82, 2.24) is 15.2 Å². The van der Waals surface area contributed by atoms with E-state index in [4.69, 9.17) is 23.2 Å². The number of halogens is 2. The van der Waals surface area contributed by atoms with Gasteiger partial charge in [0.05, 0.1) is 10.6 Å². The minimum absolute atomic E-state index is 0.143. The Bertz CT molecular complexity index is 1210. The molecule has 0 saturated heterocycles. The van der Waals surface area contributed by atoms with E-state index in [2.05, 4.69) is 10.6 Å². The first-order valence-corrected chi connectivity index (χ1v) is 11.0. The van der Waals surface area contributed by atoms with Gasteiger partial charge in [-0.05, 0) is 67.8 Å². The molecule has 2 amide bonds. The first-order valence-electron chi connectivity index (χ1n) is 10.3. The van der Waals surface area contributed by atoms with Gasteiger partial charge in [-0.2, -0.15) is 0 Å². The Morgan fingerprint density at radius 1 is 0.875 bits per heavy atom. The van der Waals surface area contributed by atoms with Gasteiger partial charge in [0, 0.05) is 40.6 Å². The third kappa shape index (κ3) is 4.87. The van der Waals surface area contributed by atoms with E-state index >= 15 is 0 Å². The maximum Gasteiger partial charge on any atom is 0.255 e. The molecule has 1 heterocycles. The Balaban J connectivity index is 1.41. The molecule has 0 radical (unpaired) electrons. The van der Waals surface area contributed by atoms with Gasteiger partial charge in [0.2, 0.25) is 0 Å². The molecule has 164 valence electrons. The van der Waals surface area contributed by atoms with Crippen LogP contribution in [0, 0.1) is 0 Å². The minimum Gasteiger partial charge on any atom is -0.347 e. The van der Waals surface area contributed by atoms with E-state index in [1.807, 2.05) is 0 Å². The smallest absolute Gasteiger partial charge is 0.255 e. The Morgan fingerprint density at radius 3 is 2.22 bits per heavy atom. The average Bonchev–Trinajstić information content (AvgIpc) is 3.20. The molecule has 0 spiro atoms. The largest absolute Gasteiger partial charge is 0.347 e. The van der Waals surface area contributed by atoms with Crippen LogP contribution in [-0.4, -0.2) is 28.5 Å². The van der Waals surface area contributed by atoms with Gasteiger partial charge >= 0.3 is 0 Å². The monoisotopic (exact) mass is 469 g/mol. The molecule has 1 aliphatic rings. The fraction of sp³-hybridized carbons (Fsp3) is 0.208. The van der Waals surface area contributed by atoms with Gasteiger partial charge in [-0.3, -0.25) is 19.0 Å². The van der Waals surface area contributed by atoms with Crippen molar-refractivity contribution in [2.75, 3.05) is 0 Å². The lowest BCUT2D eigenvalue weighted by Gasteiger charge is -2.22. The molecule has 2 N–H and O–H groups in total. The number of pyridine rings is 1. The fourth-order valence-corrected chi connectivity index (χ4v) is 4.39. The maximum atomic E-state index is 12.8. The molecule has 1 saturated carbocycles. The van der Waals surface area contributed by atoms with Crippen molar-refractivity contribution in [2.24, 2.45) is 0 Å². The molecule has 1 aliphatic carbocycles. The van der Waals surface area contributed by atoms with Crippen molar-refractivity contribution < 1.29 is 9.59 Å². The van der Waals surface area contributed by atoms with E-state index in [0.717, 1.165) is 19.3 Å². The number of nitrogens with one attached hydrogen (secondary N) is 2. The van der Waals surface area contributed by atoms with Crippen LogP contribution in [-0.2, 0) is 0 Å². The van der Waals surface area contributed by atoms with Crippen molar-refractivity contribution in [3.05, 3.63) is 98.4 Å². The average molecular weight is 470 g/mol. The van der Waals surface area contributed by atoms with Crippen LogP contribution in [0.25, 0.3) is 5.69 Å². The first kappa shape index (κ1) is 22.1. The number of rotatable bonds is 5. The van der Waals surface area contributed by atoms with Crippen LogP contribution in [0.15, 0.2) is 71.7 Å². The molecule has 0 unspecified atom stereocenters. The summed E-state index contributed by atoms with van der Waals surface area (Å²) >= 11 is 12.0. The maximum absolute atomic E-state index is 12.8. The summed E-state index contributed by atoms with van der Waals surface area (Å²) in [5.41, 5.74) is 1.36. The highest BCUT2D eigenvalue weighted by Gasteiger charge is 2.30. The van der Waals surface area contributed by atoms with E-state index in [9.17, 15) is 14.4 Å². The lowest BCUT2D eigenvalue weighted by molar-refractivity contribution is 0.0892. The normalized spacial score (nSPS) is 17.7. The summed E-state index contributed by atoms with van der Waals surface area (Å²) in [4.78, 5) is 37.4. The second-order valence-corrected chi connectivity index (χ2v) is 8.51. The molecule has 0 aliphatic heterocycles. The Kier molecular flexibility index (Phi) is 6.63. The van der Waals surface area contributed by atoms with E-state index in [1.54, 1.807) is 54.7 Å². The summed E-state index contributed by atoms with van der Waals surface area (Å²) in [7, 11) is 0. The van der Waals surface area contributed by atoms with Crippen LogP contribution >= 0.6 is 23.2 Å². The summed E-state index contributed by atoms with van der Waals surface area (Å²) in [5.74, 6) is -0.525. The predicted octanol–water partition coefficient (Wildman–Crippen LogP) is 4.23. The molecule has 2 atom stereocenters. The van der Waals surface area contributed by atoms with Crippen LogP contribution in [0.3, 0.4) is 0 Å². The predicted molar refractivity (Wildman–Crippen MR) is 125 cm³/mol. The van der Waals surface area contributed by atoms with Gasteiger partial charge in [-0.15, -0.1) is 0 Å². The van der Waals surface area contributed by atoms with E-state index in [0.29, 0.717) is 21.8 Å². The van der Waals surface area contributed by atoms with Crippen LogP contribution in [0.1, 0.15) is 40.0 Å². The number of carbonyl (C=O) groups excluding carboxylic acids is 2. The van der Waals surface area contributed by atoms with Gasteiger partial charge in [-0.1, -0.05) is 29.3 Å². The van der Waals surface area contributed by atoms with Gasteiger partial charge in [0.25, 0.3) is 17.4 Å². The summed E-state index contributed by atoms with van der Waals surface area (Å²) in [5, 5.41) is 6.74. The minimum atomic E-state index is -0.296. The molecule has 32 heavy (non-hydrogen) atoms. The molecule has 4 rings (SSSR count). The molecular formula is C24H21Cl2N3O3. The van der Waals surface area contributed by atoms with Crippen LogP contribution in [0.5, 0.6) is 0 Å². The second kappa shape index (κ2) is 9.59. The van der Waals surface area contributed by atoms with Crippen molar-refractivity contribution in [1.29, 1.82) is 0 Å². The van der Waals surface area contributed by atoms with E-state index < -0.39 is 0 Å². The fourth-order valence-electron chi connectivity index (χ4n) is 3.89. The number of aromatic nitrogens is 1. The number of nitrogens with zero attached hydrogens (tertiary/aromatic N) is 1. The number of hydrogen-bond donors (Lipinski definition) is 2. The molecule has 6 nitrogen and oxygen atoms in total.